The van der Waals surface area contributed by atoms with E-state index in [4.69, 9.17) is 56.8 Å². The lowest BCUT2D eigenvalue weighted by Gasteiger charge is -2.64. The van der Waals surface area contributed by atoms with Crippen molar-refractivity contribution in [2.24, 2.45) is 28.1 Å². The van der Waals surface area contributed by atoms with Gasteiger partial charge in [-0.3, -0.25) is 4.79 Å². The third-order valence-corrected chi connectivity index (χ3v) is 21.3. The number of aliphatic hydroxyl groups excluding tert-OH is 20. The van der Waals surface area contributed by atoms with Crippen molar-refractivity contribution in [3.8, 4) is 0 Å². The monoisotopic (exact) mass is 1290 g/mol. The van der Waals surface area contributed by atoms with Gasteiger partial charge in [-0.25, -0.2) is 0 Å². The molecule has 20 N–H and O–H groups in total. The summed E-state index contributed by atoms with van der Waals surface area (Å²) < 4.78 is 72.9. The standard InChI is InChI=1S/C56H90O33/c1-19-11-55-9-5-26-53(2,7-4-8-54(26,3)52(77)88-50-44(86-48-40(75)36(71)30(65)22(14-59)80-48)42(32(67)24(16-61)82-50)84-46-38(73)34(69)28(63)20(12-57)78-46)27(55)6-10-56(19,18-55)89-51-45(87-49-41(76)37(72)31(66)23(15-60)81-49)43(33(68)25(17-62)83-51)85-47-39(74)35(70)29(64)21(13-58)79-47/h20-51,57-76H,1,4-18H2,2-3H3/t20-,21-,22-,23-,24-,25-,26+,27+,28-,29-,30-,31-,32-,33-,34+,35+,36+,37+,38-,39-,40-,41-,42+,43+,44-,45-,46+,47+,48+,49+,50+,51+,53-,54-,55-,56+/m0/s1. The van der Waals surface area contributed by atoms with Gasteiger partial charge in [-0.15, -0.1) is 0 Å². The fraction of sp³-hybridized carbons (Fsp3) is 0.946. The van der Waals surface area contributed by atoms with Crippen LogP contribution in [0.4, 0.5) is 0 Å². The quantitative estimate of drug-likeness (QED) is 0.0344. The van der Waals surface area contributed by atoms with Gasteiger partial charge in [-0.05, 0) is 86.5 Å². The molecule has 0 aromatic heterocycles. The van der Waals surface area contributed by atoms with Gasteiger partial charge in [-0.2, -0.15) is 0 Å². The minimum absolute atomic E-state index is 0.154. The zero-order chi connectivity index (χ0) is 64.7. The van der Waals surface area contributed by atoms with Gasteiger partial charge in [0.05, 0.1) is 50.7 Å². The number of aliphatic hydroxyl groups is 20. The topological polar surface area (TPSA) is 532 Å². The first-order chi connectivity index (χ1) is 42.1. The molecule has 512 valence electrons. The van der Waals surface area contributed by atoms with E-state index in [0.29, 0.717) is 44.1 Å². The van der Waals surface area contributed by atoms with Crippen molar-refractivity contribution in [1.82, 2.24) is 0 Å². The number of hydrogen-bond acceptors (Lipinski definition) is 33. The van der Waals surface area contributed by atoms with Crippen LogP contribution in [-0.2, 0) is 61.6 Å². The number of esters is 1. The smallest absolute Gasteiger partial charge is 0.314 e. The highest BCUT2D eigenvalue weighted by Gasteiger charge is 2.70. The minimum Gasteiger partial charge on any atom is -0.432 e. The molecule has 89 heavy (non-hydrogen) atoms. The molecule has 10 fully saturated rings. The lowest BCUT2D eigenvalue weighted by molar-refractivity contribution is -0.400. The van der Waals surface area contributed by atoms with Crippen LogP contribution in [0.3, 0.4) is 0 Å². The Morgan fingerprint density at radius 3 is 1.18 bits per heavy atom. The second kappa shape index (κ2) is 27.2. The SMILES string of the molecule is C=C1C[C@]23CC[C@@H]4[C@](C)(CCC[C@]4(C)C(=O)O[C@H]4O[C@@H](CO)[C@H](O)[C@@H](O[C@H]5O[C@@H](CO)[C@H](O)[C@@H](O)[C@@H]5O)[C@@H]4O[C@H]4O[C@@H](CO)[C@H](O)[C@@H](O)[C@@H]4O)[C@H]2CC[C@@]1(O[C@H]1O[C@@H](CO)[C@H](O)[C@@H](O[C@H]2O[C@@H](CO)[C@H](O)[C@@H](O)[C@@H]2O)[C@@H]1O[C@H]1O[C@@H](CO)[C@H](O)[C@@H](O)[C@@H]1O)C3. The fourth-order valence-electron chi connectivity index (χ4n) is 16.4. The number of fused-ring (bicyclic) bond motifs is 3. The molecular weight excluding hydrogens is 1200 g/mol. The Hall–Kier alpha value is -2.03. The van der Waals surface area contributed by atoms with E-state index in [1.54, 1.807) is 6.92 Å². The zero-order valence-corrected chi connectivity index (χ0v) is 49.0. The first-order valence-corrected chi connectivity index (χ1v) is 30.4. The maximum Gasteiger partial charge on any atom is 0.314 e. The predicted molar refractivity (Wildman–Crippen MR) is 284 cm³/mol. The van der Waals surface area contributed by atoms with Gasteiger partial charge < -0.3 is 159 Å². The van der Waals surface area contributed by atoms with Crippen LogP contribution in [0.25, 0.3) is 0 Å². The molecule has 33 nitrogen and oxygen atoms in total. The predicted octanol–water partition coefficient (Wildman–Crippen LogP) is -9.47. The molecule has 10 rings (SSSR count). The Morgan fingerprint density at radius 2 is 0.775 bits per heavy atom. The third kappa shape index (κ3) is 12.3. The number of ether oxygens (including phenoxy) is 12. The fourth-order valence-corrected chi connectivity index (χ4v) is 16.4. The molecule has 0 aromatic rings. The van der Waals surface area contributed by atoms with Crippen LogP contribution in [0.5, 0.6) is 0 Å². The van der Waals surface area contributed by atoms with E-state index in [1.807, 2.05) is 0 Å². The van der Waals surface area contributed by atoms with Crippen molar-refractivity contribution in [3.63, 3.8) is 0 Å². The van der Waals surface area contributed by atoms with Crippen LogP contribution in [-0.4, -0.2) is 338 Å². The van der Waals surface area contributed by atoms with E-state index in [1.165, 1.54) is 0 Å². The maximum absolute atomic E-state index is 15.4. The van der Waals surface area contributed by atoms with Crippen molar-refractivity contribution in [1.29, 1.82) is 0 Å². The lowest BCUT2D eigenvalue weighted by Crippen LogP contribution is -2.68. The summed E-state index contributed by atoms with van der Waals surface area (Å²) in [5.41, 5.74) is -3.24. The second-order valence-electron chi connectivity index (χ2n) is 26.4. The molecule has 0 amide bonds. The van der Waals surface area contributed by atoms with Crippen molar-refractivity contribution in [2.45, 2.75) is 261 Å². The minimum atomic E-state index is -2.08. The molecule has 0 aromatic carbocycles. The molecular formula is C56H90O33. The molecule has 6 aliphatic heterocycles. The van der Waals surface area contributed by atoms with Gasteiger partial charge in [0.2, 0.25) is 6.29 Å². The van der Waals surface area contributed by atoms with Crippen LogP contribution in [0, 0.1) is 28.1 Å². The molecule has 6 heterocycles. The highest BCUT2D eigenvalue weighted by molar-refractivity contribution is 5.77. The van der Waals surface area contributed by atoms with Crippen LogP contribution >= 0.6 is 0 Å². The van der Waals surface area contributed by atoms with Crippen molar-refractivity contribution < 1.29 is 164 Å². The average Bonchev–Trinajstić information content (AvgIpc) is 1.62. The lowest BCUT2D eigenvalue weighted by atomic mass is 9.41. The Balaban J connectivity index is 0.921. The summed E-state index contributed by atoms with van der Waals surface area (Å²) in [5, 5.41) is 215. The molecule has 6 saturated heterocycles. The molecule has 4 aliphatic carbocycles. The molecule has 0 radical (unpaired) electrons. The Kier molecular flexibility index (Phi) is 21.4. The number of hydrogen-bond donors (Lipinski definition) is 20. The second-order valence-corrected chi connectivity index (χ2v) is 26.4. The van der Waals surface area contributed by atoms with Gasteiger partial charge in [0.25, 0.3) is 0 Å². The van der Waals surface area contributed by atoms with Crippen molar-refractivity contribution in [3.05, 3.63) is 12.2 Å². The first-order valence-electron chi connectivity index (χ1n) is 30.4. The molecule has 4 saturated carbocycles. The van der Waals surface area contributed by atoms with E-state index >= 15 is 4.79 Å². The van der Waals surface area contributed by atoms with Gasteiger partial charge in [0.15, 0.2) is 37.6 Å². The van der Waals surface area contributed by atoms with Crippen molar-refractivity contribution >= 4 is 5.97 Å². The zero-order valence-electron chi connectivity index (χ0n) is 49.0. The highest BCUT2D eigenvalue weighted by Crippen LogP contribution is 2.74. The Morgan fingerprint density at radius 1 is 0.427 bits per heavy atom. The van der Waals surface area contributed by atoms with Crippen LogP contribution < -0.4 is 0 Å². The van der Waals surface area contributed by atoms with Gasteiger partial charge in [0, 0.05) is 0 Å². The summed E-state index contributed by atoms with van der Waals surface area (Å²) in [6, 6.07) is 0. The molecule has 36 atom stereocenters. The van der Waals surface area contributed by atoms with E-state index < -0.39 is 258 Å². The summed E-state index contributed by atoms with van der Waals surface area (Å²) in [6.07, 6.45) is -51.9. The summed E-state index contributed by atoms with van der Waals surface area (Å²) in [7, 11) is 0. The largest absolute Gasteiger partial charge is 0.432 e. The van der Waals surface area contributed by atoms with E-state index in [2.05, 4.69) is 13.5 Å². The molecule has 1 spiro atoms. The number of rotatable bonds is 18. The molecule has 0 unspecified atom stereocenters. The van der Waals surface area contributed by atoms with Gasteiger partial charge in [-0.1, -0.05) is 19.9 Å². The number of carbonyl (C=O) groups excluding carboxylic acids is 1. The maximum atomic E-state index is 15.4. The van der Waals surface area contributed by atoms with Crippen molar-refractivity contribution in [2.75, 3.05) is 39.6 Å². The summed E-state index contributed by atoms with van der Waals surface area (Å²) >= 11 is 0. The van der Waals surface area contributed by atoms with E-state index in [9.17, 15) is 102 Å². The number of carbonyl (C=O) groups is 1. The third-order valence-electron chi connectivity index (χ3n) is 21.3. The Labute approximate surface area is 509 Å². The van der Waals surface area contributed by atoms with E-state index in [-0.39, 0.29) is 25.2 Å². The summed E-state index contributed by atoms with van der Waals surface area (Å²) in [6.45, 7) is 3.03. The molecule has 33 heteroatoms. The summed E-state index contributed by atoms with van der Waals surface area (Å²) in [4.78, 5) is 15.4. The first kappa shape index (κ1) is 69.8. The normalized spacial score (nSPS) is 54.5. The van der Waals surface area contributed by atoms with Crippen LogP contribution in [0.15, 0.2) is 12.2 Å². The van der Waals surface area contributed by atoms with Crippen LogP contribution in [0.2, 0.25) is 0 Å². The Bertz CT molecular complexity index is 2390. The van der Waals surface area contributed by atoms with Crippen LogP contribution in [0.1, 0.15) is 71.6 Å². The highest BCUT2D eigenvalue weighted by atomic mass is 16.8. The van der Waals surface area contributed by atoms with Gasteiger partial charge in [0.1, 0.15) is 140 Å². The molecule has 2 bridgehead atoms. The van der Waals surface area contributed by atoms with E-state index in [0.717, 1.165) is 0 Å². The van der Waals surface area contributed by atoms with Gasteiger partial charge >= 0.3 is 5.97 Å². The average molecular weight is 1290 g/mol. The summed E-state index contributed by atoms with van der Waals surface area (Å²) in [5.74, 6) is -1.44. The molecule has 10 aliphatic rings.